The molecule has 0 saturated carbocycles. The highest BCUT2D eigenvalue weighted by Gasteiger charge is 2.11. The highest BCUT2D eigenvalue weighted by atomic mass is 35.5. The number of hydrogen-bond acceptors (Lipinski definition) is 4. The molecular formula is C16H20ClN3O. The number of halogens is 1. The summed E-state index contributed by atoms with van der Waals surface area (Å²) in [4.78, 5) is 8.62. The molecule has 0 bridgehead atoms. The summed E-state index contributed by atoms with van der Waals surface area (Å²) in [5.74, 6) is 2.51. The molecule has 1 aromatic carbocycles. The van der Waals surface area contributed by atoms with Crippen LogP contribution in [0.2, 0.25) is 0 Å². The van der Waals surface area contributed by atoms with E-state index >= 15 is 0 Å². The van der Waals surface area contributed by atoms with Crippen LogP contribution in [0.15, 0.2) is 36.4 Å². The lowest BCUT2D eigenvalue weighted by Crippen LogP contribution is -2.25. The number of alkyl halides is 1. The van der Waals surface area contributed by atoms with Gasteiger partial charge in [0.15, 0.2) is 0 Å². The predicted octanol–water partition coefficient (Wildman–Crippen LogP) is 3.45. The number of nitrogens with one attached hydrogen (secondary N) is 1. The molecule has 5 heteroatoms. The Morgan fingerprint density at radius 2 is 2.00 bits per heavy atom. The molecule has 0 spiro atoms. The monoisotopic (exact) mass is 305 g/mol. The van der Waals surface area contributed by atoms with Crippen LogP contribution in [0.25, 0.3) is 0 Å². The van der Waals surface area contributed by atoms with E-state index in [0.717, 1.165) is 12.2 Å². The van der Waals surface area contributed by atoms with Gasteiger partial charge >= 0.3 is 0 Å². The van der Waals surface area contributed by atoms with E-state index in [0.29, 0.717) is 24.2 Å². The van der Waals surface area contributed by atoms with E-state index in [4.69, 9.17) is 16.3 Å². The fraction of sp³-hybridized carbons (Fsp3) is 0.375. The van der Waals surface area contributed by atoms with Crippen LogP contribution in [0.4, 0.5) is 5.82 Å². The topological polar surface area (TPSA) is 47.0 Å². The van der Waals surface area contributed by atoms with Crippen molar-refractivity contribution in [3.8, 4) is 5.88 Å². The number of nitrogens with zero attached hydrogens (tertiary/aromatic N) is 2. The molecule has 1 atom stereocenters. The molecule has 1 unspecified atom stereocenters. The normalized spacial score (nSPS) is 12.0. The largest absolute Gasteiger partial charge is 0.478 e. The van der Waals surface area contributed by atoms with Crippen molar-refractivity contribution in [2.75, 3.05) is 17.8 Å². The van der Waals surface area contributed by atoms with Crippen LogP contribution in [0, 0.1) is 6.92 Å². The van der Waals surface area contributed by atoms with Gasteiger partial charge in [-0.3, -0.25) is 0 Å². The zero-order valence-electron chi connectivity index (χ0n) is 12.3. The van der Waals surface area contributed by atoms with E-state index in [1.165, 1.54) is 5.56 Å². The molecule has 4 nitrogen and oxygen atoms in total. The maximum absolute atomic E-state index is 6.07. The molecule has 1 heterocycles. The van der Waals surface area contributed by atoms with Crippen molar-refractivity contribution in [3.05, 3.63) is 47.8 Å². The molecule has 0 saturated heterocycles. The number of aryl methyl sites for hydroxylation is 1. The van der Waals surface area contributed by atoms with E-state index in [9.17, 15) is 0 Å². The lowest BCUT2D eigenvalue weighted by atomic mass is 10.1. The number of ether oxygens (including phenoxy) is 1. The van der Waals surface area contributed by atoms with Gasteiger partial charge in [-0.2, -0.15) is 4.98 Å². The number of rotatable bonds is 7. The van der Waals surface area contributed by atoms with Crippen molar-refractivity contribution < 1.29 is 4.74 Å². The van der Waals surface area contributed by atoms with Gasteiger partial charge in [-0.25, -0.2) is 4.98 Å². The number of aromatic nitrogens is 2. The zero-order valence-corrected chi connectivity index (χ0v) is 13.1. The summed E-state index contributed by atoms with van der Waals surface area (Å²) in [5.41, 5.74) is 1.24. The summed E-state index contributed by atoms with van der Waals surface area (Å²) in [6, 6.07) is 12.2. The Bertz CT molecular complexity index is 563. The van der Waals surface area contributed by atoms with Gasteiger partial charge in [-0.15, -0.1) is 11.6 Å². The first-order valence-electron chi connectivity index (χ1n) is 7.06. The first-order valence-corrected chi connectivity index (χ1v) is 7.59. The maximum Gasteiger partial charge on any atom is 0.218 e. The van der Waals surface area contributed by atoms with Crippen molar-refractivity contribution >= 4 is 17.4 Å². The minimum absolute atomic E-state index is 0.109. The molecule has 2 aromatic rings. The SMILES string of the molecule is CCOc1cc(NC(CCl)Cc2ccccc2)nc(C)n1. The van der Waals surface area contributed by atoms with Gasteiger partial charge in [-0.05, 0) is 25.8 Å². The van der Waals surface area contributed by atoms with Gasteiger partial charge in [-0.1, -0.05) is 30.3 Å². The molecule has 0 fully saturated rings. The van der Waals surface area contributed by atoms with E-state index in [1.807, 2.05) is 32.0 Å². The molecule has 1 N–H and O–H groups in total. The molecule has 2 rings (SSSR count). The highest BCUT2D eigenvalue weighted by Crippen LogP contribution is 2.16. The van der Waals surface area contributed by atoms with Gasteiger partial charge in [0.25, 0.3) is 0 Å². The predicted molar refractivity (Wildman–Crippen MR) is 86.2 cm³/mol. The molecule has 0 aliphatic heterocycles. The smallest absolute Gasteiger partial charge is 0.218 e. The fourth-order valence-corrected chi connectivity index (χ4v) is 2.27. The van der Waals surface area contributed by atoms with Gasteiger partial charge in [0, 0.05) is 18.0 Å². The molecule has 0 aliphatic rings. The molecule has 0 amide bonds. The standard InChI is InChI=1S/C16H20ClN3O/c1-3-21-16-10-15(18-12(2)19-16)20-14(11-17)9-13-7-5-4-6-8-13/h4-8,10,14H,3,9,11H2,1-2H3,(H,18,19,20). The third-order valence-corrected chi connectivity index (χ3v) is 3.34. The Balaban J connectivity index is 2.07. The minimum atomic E-state index is 0.109. The van der Waals surface area contributed by atoms with Crippen LogP contribution < -0.4 is 10.1 Å². The maximum atomic E-state index is 6.07. The van der Waals surface area contributed by atoms with E-state index in [1.54, 1.807) is 6.07 Å². The van der Waals surface area contributed by atoms with Gasteiger partial charge < -0.3 is 10.1 Å². The lowest BCUT2D eigenvalue weighted by Gasteiger charge is -2.17. The Morgan fingerprint density at radius 1 is 1.24 bits per heavy atom. The summed E-state index contributed by atoms with van der Waals surface area (Å²) in [5, 5.41) is 3.35. The van der Waals surface area contributed by atoms with E-state index < -0.39 is 0 Å². The molecule has 1 aromatic heterocycles. The van der Waals surface area contributed by atoms with Crippen LogP contribution >= 0.6 is 11.6 Å². The third kappa shape index (κ3) is 4.90. The lowest BCUT2D eigenvalue weighted by molar-refractivity contribution is 0.325. The Hall–Kier alpha value is -1.81. The number of benzene rings is 1. The highest BCUT2D eigenvalue weighted by molar-refractivity contribution is 6.18. The molecule has 112 valence electrons. The summed E-state index contributed by atoms with van der Waals surface area (Å²) in [6.07, 6.45) is 0.845. The van der Waals surface area contributed by atoms with Crippen LogP contribution in [-0.4, -0.2) is 28.5 Å². The number of anilines is 1. The minimum Gasteiger partial charge on any atom is -0.478 e. The van der Waals surface area contributed by atoms with Crippen LogP contribution in [0.3, 0.4) is 0 Å². The summed E-state index contributed by atoms with van der Waals surface area (Å²) in [7, 11) is 0. The van der Waals surface area contributed by atoms with Crippen molar-refractivity contribution in [3.63, 3.8) is 0 Å². The van der Waals surface area contributed by atoms with E-state index in [2.05, 4.69) is 27.4 Å². The Kier molecular flexibility index (Phi) is 5.81. The summed E-state index contributed by atoms with van der Waals surface area (Å²) < 4.78 is 5.44. The zero-order chi connectivity index (χ0) is 15.1. The second kappa shape index (κ2) is 7.84. The van der Waals surface area contributed by atoms with Crippen LogP contribution in [-0.2, 0) is 6.42 Å². The summed E-state index contributed by atoms with van der Waals surface area (Å²) >= 11 is 6.07. The fourth-order valence-electron chi connectivity index (χ4n) is 2.09. The molecule has 0 aliphatic carbocycles. The van der Waals surface area contributed by atoms with Gasteiger partial charge in [0.2, 0.25) is 5.88 Å². The number of hydrogen-bond donors (Lipinski definition) is 1. The molecule has 21 heavy (non-hydrogen) atoms. The first-order chi connectivity index (χ1) is 10.2. The van der Waals surface area contributed by atoms with Crippen LogP contribution in [0.1, 0.15) is 18.3 Å². The Morgan fingerprint density at radius 3 is 2.67 bits per heavy atom. The molecule has 0 radical (unpaired) electrons. The first kappa shape index (κ1) is 15.6. The Labute approximate surface area is 130 Å². The second-order valence-corrected chi connectivity index (χ2v) is 5.07. The van der Waals surface area contributed by atoms with Crippen molar-refractivity contribution in [2.24, 2.45) is 0 Å². The van der Waals surface area contributed by atoms with Gasteiger partial charge in [0.1, 0.15) is 11.6 Å². The van der Waals surface area contributed by atoms with E-state index in [-0.39, 0.29) is 6.04 Å². The van der Waals surface area contributed by atoms with Crippen molar-refractivity contribution in [2.45, 2.75) is 26.3 Å². The average molecular weight is 306 g/mol. The van der Waals surface area contributed by atoms with Crippen molar-refractivity contribution in [1.29, 1.82) is 0 Å². The molecular weight excluding hydrogens is 286 g/mol. The summed E-state index contributed by atoms with van der Waals surface area (Å²) in [6.45, 7) is 4.36. The van der Waals surface area contributed by atoms with Gasteiger partial charge in [0.05, 0.1) is 6.61 Å². The third-order valence-electron chi connectivity index (χ3n) is 2.97. The van der Waals surface area contributed by atoms with Crippen LogP contribution in [0.5, 0.6) is 5.88 Å². The van der Waals surface area contributed by atoms with Crippen molar-refractivity contribution in [1.82, 2.24) is 9.97 Å². The average Bonchev–Trinajstić information content (AvgIpc) is 2.47. The second-order valence-electron chi connectivity index (χ2n) is 4.76. The quantitative estimate of drug-likeness (QED) is 0.796.